The lowest BCUT2D eigenvalue weighted by Crippen LogP contribution is -2.51. The second kappa shape index (κ2) is 7.22. The number of Topliss-reactive ketones (excluding diaryl/α,β-unsaturated/α-hetero) is 3. The van der Waals surface area contributed by atoms with Crippen LogP contribution >= 0.6 is 0 Å². The van der Waals surface area contributed by atoms with Gasteiger partial charge in [0, 0.05) is 0 Å². The minimum atomic E-state index is -2.55. The molecule has 0 bridgehead atoms. The Balaban J connectivity index is 5.15. The summed E-state index contributed by atoms with van der Waals surface area (Å²) in [6.45, 7) is 1.18. The fourth-order valence-corrected chi connectivity index (χ4v) is 1.68. The van der Waals surface area contributed by atoms with Crippen molar-refractivity contribution < 1.29 is 39.2 Å². The lowest BCUT2D eigenvalue weighted by molar-refractivity contribution is -0.169. The summed E-state index contributed by atoms with van der Waals surface area (Å²) in [7, 11) is 0. The number of aliphatic hydroxyl groups is 3. The largest absolute Gasteiger partial charge is 0.461 e. The van der Waals surface area contributed by atoms with Gasteiger partial charge in [-0.05, 0) is 20.8 Å². The summed E-state index contributed by atoms with van der Waals surface area (Å²) in [5, 5.41) is 27.0. The second-order valence-corrected chi connectivity index (χ2v) is 4.33. The molecule has 0 aromatic heterocycles. The highest BCUT2D eigenvalue weighted by molar-refractivity contribution is 6.36. The van der Waals surface area contributed by atoms with Crippen molar-refractivity contribution in [1.82, 2.24) is 0 Å². The molecular weight excluding hydrogens is 272 g/mol. The predicted octanol–water partition coefficient (Wildman–Crippen LogP) is -2.00. The second-order valence-electron chi connectivity index (χ2n) is 4.33. The molecule has 0 aliphatic carbocycles. The Morgan fingerprint density at radius 2 is 1.35 bits per heavy atom. The van der Waals surface area contributed by atoms with Crippen LogP contribution in [-0.4, -0.2) is 64.1 Å². The molecule has 0 saturated carbocycles. The molecule has 0 heterocycles. The summed E-state index contributed by atoms with van der Waals surface area (Å²) in [5.41, 5.74) is -2.55. The van der Waals surface area contributed by atoms with Crippen LogP contribution < -0.4 is 0 Å². The maximum absolute atomic E-state index is 11.9. The Bertz CT molecular complexity index is 378. The molecule has 0 unspecified atom stereocenters. The first-order valence-electron chi connectivity index (χ1n) is 5.79. The first-order chi connectivity index (χ1) is 9.12. The van der Waals surface area contributed by atoms with Crippen LogP contribution in [0.1, 0.15) is 20.8 Å². The molecule has 0 radical (unpaired) electrons. The van der Waals surface area contributed by atoms with Crippen LogP contribution in [0.4, 0.5) is 0 Å². The van der Waals surface area contributed by atoms with Crippen LogP contribution in [0.3, 0.4) is 0 Å². The van der Waals surface area contributed by atoms with E-state index in [-0.39, 0.29) is 0 Å². The molecule has 20 heavy (non-hydrogen) atoms. The summed E-state index contributed by atoms with van der Waals surface area (Å²) in [6, 6.07) is 0. The molecule has 8 nitrogen and oxygen atoms in total. The third-order valence-electron chi connectivity index (χ3n) is 2.91. The molecule has 0 amide bonds. The smallest absolute Gasteiger partial charge is 0.335 e. The van der Waals surface area contributed by atoms with Crippen LogP contribution in [0.5, 0.6) is 0 Å². The first-order valence-corrected chi connectivity index (χ1v) is 5.79. The van der Waals surface area contributed by atoms with E-state index in [2.05, 4.69) is 4.74 Å². The van der Waals surface area contributed by atoms with Crippen molar-refractivity contribution in [2.24, 2.45) is 5.41 Å². The quantitative estimate of drug-likeness (QED) is 0.344. The zero-order valence-corrected chi connectivity index (χ0v) is 11.5. The fraction of sp³-hybridized carbons (Fsp3) is 0.667. The SMILES string of the molecule is CC(=O)C(C(C)=O)(C(C)=O)C(=O)OC[C@H](O)[C@H](O)CO. The van der Waals surface area contributed by atoms with Crippen molar-refractivity contribution in [3.8, 4) is 0 Å². The minimum absolute atomic E-state index is 0.768. The molecule has 0 aromatic carbocycles. The van der Waals surface area contributed by atoms with Crippen LogP contribution in [0.25, 0.3) is 0 Å². The average Bonchev–Trinajstić information content (AvgIpc) is 2.33. The molecule has 2 atom stereocenters. The number of ketones is 3. The van der Waals surface area contributed by atoms with E-state index in [0.717, 1.165) is 20.8 Å². The number of hydrogen-bond donors (Lipinski definition) is 3. The monoisotopic (exact) mass is 290 g/mol. The minimum Gasteiger partial charge on any atom is -0.461 e. The van der Waals surface area contributed by atoms with Gasteiger partial charge in [-0.15, -0.1) is 0 Å². The highest BCUT2D eigenvalue weighted by atomic mass is 16.5. The van der Waals surface area contributed by atoms with E-state index in [0.29, 0.717) is 0 Å². The van der Waals surface area contributed by atoms with Gasteiger partial charge in [-0.25, -0.2) is 4.79 Å². The van der Waals surface area contributed by atoms with E-state index in [1.54, 1.807) is 0 Å². The van der Waals surface area contributed by atoms with Crippen LogP contribution in [0.2, 0.25) is 0 Å². The summed E-state index contributed by atoms with van der Waals surface area (Å²) >= 11 is 0. The molecule has 0 aromatic rings. The standard InChI is InChI=1S/C12H18O8/c1-6(14)12(7(2)15,8(3)16)11(19)20-5-10(18)9(17)4-13/h9-10,13,17-18H,4-5H2,1-3H3/t9-,10+/m1/s1. The normalized spacial score (nSPS) is 14.3. The molecule has 8 heteroatoms. The van der Waals surface area contributed by atoms with Crippen molar-refractivity contribution in [2.75, 3.05) is 13.2 Å². The highest BCUT2D eigenvalue weighted by Crippen LogP contribution is 2.24. The Morgan fingerprint density at radius 1 is 0.950 bits per heavy atom. The number of ether oxygens (including phenoxy) is 1. The Labute approximate surface area is 115 Å². The van der Waals surface area contributed by atoms with E-state index >= 15 is 0 Å². The van der Waals surface area contributed by atoms with E-state index in [9.17, 15) is 24.3 Å². The molecule has 0 aliphatic heterocycles. The lowest BCUT2D eigenvalue weighted by atomic mass is 9.77. The Morgan fingerprint density at radius 3 is 1.65 bits per heavy atom. The highest BCUT2D eigenvalue weighted by Gasteiger charge is 2.54. The third-order valence-corrected chi connectivity index (χ3v) is 2.91. The lowest BCUT2D eigenvalue weighted by Gasteiger charge is -2.24. The van der Waals surface area contributed by atoms with Crippen LogP contribution in [-0.2, 0) is 23.9 Å². The van der Waals surface area contributed by atoms with Crippen LogP contribution in [0, 0.1) is 5.41 Å². The van der Waals surface area contributed by atoms with Gasteiger partial charge in [-0.2, -0.15) is 0 Å². The number of aliphatic hydroxyl groups excluding tert-OH is 3. The summed E-state index contributed by atoms with van der Waals surface area (Å²) in [6.07, 6.45) is -3.16. The molecule has 0 aliphatic rings. The van der Waals surface area contributed by atoms with Gasteiger partial charge in [-0.3, -0.25) is 14.4 Å². The molecule has 3 N–H and O–H groups in total. The number of carbonyl (C=O) groups excluding carboxylic acids is 4. The van der Waals surface area contributed by atoms with Gasteiger partial charge < -0.3 is 20.1 Å². The maximum atomic E-state index is 11.9. The Hall–Kier alpha value is -1.64. The predicted molar refractivity (Wildman–Crippen MR) is 64.5 cm³/mol. The van der Waals surface area contributed by atoms with Crippen molar-refractivity contribution >= 4 is 23.3 Å². The van der Waals surface area contributed by atoms with Crippen molar-refractivity contribution in [2.45, 2.75) is 33.0 Å². The fourth-order valence-electron chi connectivity index (χ4n) is 1.68. The molecule has 0 saturated heterocycles. The van der Waals surface area contributed by atoms with Crippen molar-refractivity contribution in [3.63, 3.8) is 0 Å². The number of rotatable bonds is 8. The molecular formula is C12H18O8. The number of carbonyl (C=O) groups is 4. The van der Waals surface area contributed by atoms with Gasteiger partial charge in [0.2, 0.25) is 5.41 Å². The van der Waals surface area contributed by atoms with Gasteiger partial charge in [0.15, 0.2) is 17.3 Å². The Kier molecular flexibility index (Phi) is 6.63. The molecule has 0 rings (SSSR count). The first kappa shape index (κ1) is 18.4. The van der Waals surface area contributed by atoms with E-state index in [4.69, 9.17) is 10.2 Å². The summed E-state index contributed by atoms with van der Waals surface area (Å²) in [4.78, 5) is 46.5. The zero-order chi connectivity index (χ0) is 16.1. The van der Waals surface area contributed by atoms with Crippen molar-refractivity contribution in [1.29, 1.82) is 0 Å². The molecule has 0 spiro atoms. The molecule has 114 valence electrons. The van der Waals surface area contributed by atoms with Gasteiger partial charge in [0.25, 0.3) is 0 Å². The van der Waals surface area contributed by atoms with Gasteiger partial charge in [-0.1, -0.05) is 0 Å². The number of hydrogen-bond acceptors (Lipinski definition) is 8. The van der Waals surface area contributed by atoms with Crippen LogP contribution in [0.15, 0.2) is 0 Å². The topological polar surface area (TPSA) is 138 Å². The number of esters is 1. The van der Waals surface area contributed by atoms with Gasteiger partial charge in [0.05, 0.1) is 6.61 Å². The van der Waals surface area contributed by atoms with E-state index in [1.165, 1.54) is 0 Å². The van der Waals surface area contributed by atoms with Gasteiger partial charge in [0.1, 0.15) is 18.8 Å². The third kappa shape index (κ3) is 3.47. The zero-order valence-electron chi connectivity index (χ0n) is 11.5. The van der Waals surface area contributed by atoms with Crippen molar-refractivity contribution in [3.05, 3.63) is 0 Å². The van der Waals surface area contributed by atoms with E-state index < -0.39 is 54.2 Å². The molecule has 0 fully saturated rings. The maximum Gasteiger partial charge on any atom is 0.335 e. The summed E-state index contributed by atoms with van der Waals surface area (Å²) < 4.78 is 4.55. The van der Waals surface area contributed by atoms with Gasteiger partial charge >= 0.3 is 5.97 Å². The van der Waals surface area contributed by atoms with E-state index in [1.807, 2.05) is 0 Å². The average molecular weight is 290 g/mol. The summed E-state index contributed by atoms with van der Waals surface area (Å²) in [5.74, 6) is -4.37.